The van der Waals surface area contributed by atoms with Crippen LogP contribution >= 0.6 is 0 Å². The van der Waals surface area contributed by atoms with Crippen molar-refractivity contribution >= 4 is 11.8 Å². The molecule has 6 nitrogen and oxygen atoms in total. The van der Waals surface area contributed by atoms with Crippen molar-refractivity contribution in [1.82, 2.24) is 19.6 Å². The van der Waals surface area contributed by atoms with Gasteiger partial charge >= 0.3 is 0 Å². The lowest BCUT2D eigenvalue weighted by Gasteiger charge is -2.31. The molecule has 2 heterocycles. The van der Waals surface area contributed by atoms with E-state index in [9.17, 15) is 9.59 Å². The van der Waals surface area contributed by atoms with Gasteiger partial charge in [0.2, 0.25) is 11.8 Å². The maximum absolute atomic E-state index is 12.6. The lowest BCUT2D eigenvalue weighted by Crippen LogP contribution is -2.48. The van der Waals surface area contributed by atoms with E-state index in [0.717, 1.165) is 0 Å². The van der Waals surface area contributed by atoms with Crippen molar-refractivity contribution in [3.63, 3.8) is 0 Å². The van der Waals surface area contributed by atoms with E-state index in [4.69, 9.17) is 0 Å². The standard InChI is InChI=1S/C13H20N4O2/c1-13(2,17-7-4-6-14-17)12(19)16-8-5-11(18)15(3)9-10-16/h4,6-7H,5,8-10H2,1-3H3. The van der Waals surface area contributed by atoms with Crippen molar-refractivity contribution in [2.45, 2.75) is 25.8 Å². The largest absolute Gasteiger partial charge is 0.344 e. The molecule has 2 amide bonds. The summed E-state index contributed by atoms with van der Waals surface area (Å²) in [6, 6.07) is 1.80. The number of rotatable bonds is 2. The van der Waals surface area contributed by atoms with Crippen molar-refractivity contribution < 1.29 is 9.59 Å². The highest BCUT2D eigenvalue weighted by atomic mass is 16.2. The molecule has 0 unspecified atom stereocenters. The second-order valence-corrected chi connectivity index (χ2v) is 5.37. The Kier molecular flexibility index (Phi) is 3.59. The van der Waals surface area contributed by atoms with Crippen molar-refractivity contribution in [3.8, 4) is 0 Å². The number of aromatic nitrogens is 2. The molecule has 104 valence electrons. The molecule has 0 bridgehead atoms. The van der Waals surface area contributed by atoms with E-state index in [1.165, 1.54) is 0 Å². The number of hydrogen-bond acceptors (Lipinski definition) is 3. The molecule has 2 rings (SSSR count). The van der Waals surface area contributed by atoms with Gasteiger partial charge in [-0.2, -0.15) is 5.10 Å². The Morgan fingerprint density at radius 3 is 2.68 bits per heavy atom. The Labute approximate surface area is 113 Å². The number of carbonyl (C=O) groups is 2. The predicted octanol–water partition coefficient (Wildman–Crippen LogP) is 0.309. The molecule has 6 heteroatoms. The third-order valence-electron chi connectivity index (χ3n) is 3.61. The van der Waals surface area contributed by atoms with Gasteiger partial charge < -0.3 is 9.80 Å². The summed E-state index contributed by atoms with van der Waals surface area (Å²) >= 11 is 0. The molecule has 1 fully saturated rings. The van der Waals surface area contributed by atoms with E-state index >= 15 is 0 Å². The summed E-state index contributed by atoms with van der Waals surface area (Å²) in [5.74, 6) is 0.0893. The molecular formula is C13H20N4O2. The highest BCUT2D eigenvalue weighted by molar-refractivity contribution is 5.85. The molecule has 0 aliphatic carbocycles. The van der Waals surface area contributed by atoms with E-state index in [1.54, 1.807) is 40.0 Å². The molecule has 0 spiro atoms. The van der Waals surface area contributed by atoms with Crippen LogP contribution in [0.25, 0.3) is 0 Å². The first-order valence-electron chi connectivity index (χ1n) is 6.46. The summed E-state index contributed by atoms with van der Waals surface area (Å²) < 4.78 is 1.66. The zero-order valence-corrected chi connectivity index (χ0v) is 11.7. The van der Waals surface area contributed by atoms with E-state index in [1.807, 2.05) is 13.8 Å². The molecule has 1 aliphatic rings. The van der Waals surface area contributed by atoms with Gasteiger partial charge in [-0.3, -0.25) is 14.3 Å². The highest BCUT2D eigenvalue weighted by Gasteiger charge is 2.35. The average Bonchev–Trinajstić information content (AvgIpc) is 2.86. The molecule has 0 aromatic carbocycles. The second kappa shape index (κ2) is 5.03. The SMILES string of the molecule is CN1CCN(C(=O)C(C)(C)n2cccn2)CCC1=O. The fourth-order valence-electron chi connectivity index (χ4n) is 2.22. The van der Waals surface area contributed by atoms with Crippen LogP contribution in [-0.2, 0) is 15.1 Å². The smallest absolute Gasteiger partial charge is 0.250 e. The van der Waals surface area contributed by atoms with E-state index in [2.05, 4.69) is 5.10 Å². The van der Waals surface area contributed by atoms with Crippen molar-refractivity contribution in [2.24, 2.45) is 0 Å². The summed E-state index contributed by atoms with van der Waals surface area (Å²) in [5.41, 5.74) is -0.727. The third kappa shape index (κ3) is 2.62. The van der Waals surface area contributed by atoms with Gasteiger partial charge in [0.05, 0.1) is 0 Å². The zero-order valence-electron chi connectivity index (χ0n) is 11.7. The number of nitrogens with zero attached hydrogens (tertiary/aromatic N) is 4. The molecule has 0 radical (unpaired) electrons. The Hall–Kier alpha value is -1.85. The lowest BCUT2D eigenvalue weighted by molar-refractivity contribution is -0.139. The number of carbonyl (C=O) groups excluding carboxylic acids is 2. The minimum absolute atomic E-state index is 0.000648. The van der Waals surface area contributed by atoms with Crippen LogP contribution in [0.4, 0.5) is 0 Å². The predicted molar refractivity (Wildman–Crippen MR) is 70.4 cm³/mol. The minimum Gasteiger partial charge on any atom is -0.344 e. The minimum atomic E-state index is -0.727. The van der Waals surface area contributed by atoms with Crippen molar-refractivity contribution in [2.75, 3.05) is 26.7 Å². The quantitative estimate of drug-likeness (QED) is 0.772. The van der Waals surface area contributed by atoms with Crippen molar-refractivity contribution in [1.29, 1.82) is 0 Å². The van der Waals surface area contributed by atoms with Gasteiger partial charge in [0.25, 0.3) is 0 Å². The van der Waals surface area contributed by atoms with Crippen LogP contribution in [0.1, 0.15) is 20.3 Å². The fourth-order valence-corrected chi connectivity index (χ4v) is 2.22. The van der Waals surface area contributed by atoms with Gasteiger partial charge in [-0.15, -0.1) is 0 Å². The Morgan fingerprint density at radius 1 is 1.32 bits per heavy atom. The molecule has 1 aliphatic heterocycles. The van der Waals surface area contributed by atoms with Gasteiger partial charge in [-0.05, 0) is 19.9 Å². The first-order valence-corrected chi connectivity index (χ1v) is 6.46. The normalized spacial score (nSPS) is 17.5. The van der Waals surface area contributed by atoms with Gasteiger partial charge in [0.1, 0.15) is 5.54 Å². The Morgan fingerprint density at radius 2 is 2.05 bits per heavy atom. The Bertz CT molecular complexity index is 467. The maximum Gasteiger partial charge on any atom is 0.250 e. The molecule has 0 saturated carbocycles. The summed E-state index contributed by atoms with van der Waals surface area (Å²) in [6.45, 7) is 5.33. The van der Waals surface area contributed by atoms with Crippen molar-refractivity contribution in [3.05, 3.63) is 18.5 Å². The monoisotopic (exact) mass is 264 g/mol. The van der Waals surface area contributed by atoms with Crippen LogP contribution in [0.3, 0.4) is 0 Å². The van der Waals surface area contributed by atoms with Crippen LogP contribution in [0.5, 0.6) is 0 Å². The summed E-state index contributed by atoms with van der Waals surface area (Å²) in [4.78, 5) is 27.7. The second-order valence-electron chi connectivity index (χ2n) is 5.37. The van der Waals surface area contributed by atoms with Gasteiger partial charge in [0, 0.05) is 45.5 Å². The van der Waals surface area contributed by atoms with Gasteiger partial charge in [0.15, 0.2) is 0 Å². The van der Waals surface area contributed by atoms with Crippen LogP contribution in [0, 0.1) is 0 Å². The molecule has 1 saturated heterocycles. The first-order chi connectivity index (χ1) is 8.93. The number of likely N-dealkylation sites (N-methyl/N-ethyl adjacent to an activating group) is 1. The number of amides is 2. The summed E-state index contributed by atoms with van der Waals surface area (Å²) in [5, 5.41) is 4.15. The summed E-state index contributed by atoms with van der Waals surface area (Å²) in [7, 11) is 1.77. The van der Waals surface area contributed by atoms with Gasteiger partial charge in [-0.25, -0.2) is 0 Å². The van der Waals surface area contributed by atoms with E-state index in [-0.39, 0.29) is 11.8 Å². The zero-order chi connectivity index (χ0) is 14.0. The van der Waals surface area contributed by atoms with E-state index < -0.39 is 5.54 Å². The molecule has 0 N–H and O–H groups in total. The third-order valence-corrected chi connectivity index (χ3v) is 3.61. The van der Waals surface area contributed by atoms with Crippen LogP contribution in [0.2, 0.25) is 0 Å². The lowest BCUT2D eigenvalue weighted by atomic mass is 10.0. The molecule has 19 heavy (non-hydrogen) atoms. The molecule has 1 aromatic rings. The van der Waals surface area contributed by atoms with Gasteiger partial charge in [-0.1, -0.05) is 0 Å². The van der Waals surface area contributed by atoms with Crippen LogP contribution in [-0.4, -0.2) is 58.1 Å². The molecule has 1 aromatic heterocycles. The molecule has 0 atom stereocenters. The van der Waals surface area contributed by atoms with E-state index in [0.29, 0.717) is 26.1 Å². The first kappa shape index (κ1) is 13.6. The maximum atomic E-state index is 12.6. The number of hydrogen-bond donors (Lipinski definition) is 0. The average molecular weight is 264 g/mol. The topological polar surface area (TPSA) is 58.4 Å². The van der Waals surface area contributed by atoms with Crippen LogP contribution in [0.15, 0.2) is 18.5 Å². The highest BCUT2D eigenvalue weighted by Crippen LogP contribution is 2.18. The summed E-state index contributed by atoms with van der Waals surface area (Å²) in [6.07, 6.45) is 3.83. The Balaban J connectivity index is 2.13. The fraction of sp³-hybridized carbons (Fsp3) is 0.615. The molecular weight excluding hydrogens is 244 g/mol. The van der Waals surface area contributed by atoms with Crippen LogP contribution < -0.4 is 0 Å².